The summed E-state index contributed by atoms with van der Waals surface area (Å²) in [6, 6.07) is 12.4. The number of esters is 2. The van der Waals surface area contributed by atoms with Crippen LogP contribution in [0.3, 0.4) is 0 Å². The highest BCUT2D eigenvalue weighted by Gasteiger charge is 2.62. The number of carbonyl (C=O) groups is 2. The van der Waals surface area contributed by atoms with Crippen LogP contribution in [0.25, 0.3) is 10.8 Å². The molecule has 0 N–H and O–H groups in total. The first kappa shape index (κ1) is 17.6. The zero-order valence-electron chi connectivity index (χ0n) is 15.8. The molecule has 2 heterocycles. The van der Waals surface area contributed by atoms with Gasteiger partial charge in [-0.2, -0.15) is 0 Å². The first-order valence-electron chi connectivity index (χ1n) is 9.81. The Hall–Kier alpha value is -2.44. The van der Waals surface area contributed by atoms with Crippen molar-refractivity contribution in [2.24, 2.45) is 0 Å². The molecule has 6 nitrogen and oxygen atoms in total. The molecule has 1 aliphatic carbocycles. The maximum absolute atomic E-state index is 12.2. The van der Waals surface area contributed by atoms with Gasteiger partial charge in [0.1, 0.15) is 12.2 Å². The van der Waals surface area contributed by atoms with Gasteiger partial charge in [0.05, 0.1) is 13.2 Å². The topological polar surface area (TPSA) is 77.7 Å². The largest absolute Gasteiger partial charge is 0.464 e. The predicted octanol–water partition coefficient (Wildman–Crippen LogP) is 2.68. The summed E-state index contributed by atoms with van der Waals surface area (Å²) < 4.78 is 21.8. The van der Waals surface area contributed by atoms with Gasteiger partial charge in [0, 0.05) is 11.8 Å². The second-order valence-corrected chi connectivity index (χ2v) is 7.39. The van der Waals surface area contributed by atoms with E-state index in [-0.39, 0.29) is 36.0 Å². The Morgan fingerprint density at radius 1 is 0.821 bits per heavy atom. The van der Waals surface area contributed by atoms with Crippen LogP contribution < -0.4 is 0 Å². The van der Waals surface area contributed by atoms with Crippen molar-refractivity contribution >= 4 is 22.7 Å². The third-order valence-corrected chi connectivity index (χ3v) is 5.87. The lowest BCUT2D eigenvalue weighted by Crippen LogP contribution is -2.24. The van der Waals surface area contributed by atoms with E-state index < -0.39 is 12.2 Å². The Morgan fingerprint density at radius 3 is 1.71 bits per heavy atom. The summed E-state index contributed by atoms with van der Waals surface area (Å²) in [4.78, 5) is 24.4. The Labute approximate surface area is 162 Å². The quantitative estimate of drug-likeness (QED) is 0.565. The first-order chi connectivity index (χ1) is 13.7. The van der Waals surface area contributed by atoms with Gasteiger partial charge in [-0.3, -0.25) is 0 Å². The number of hydrogen-bond acceptors (Lipinski definition) is 6. The van der Waals surface area contributed by atoms with E-state index in [9.17, 15) is 9.59 Å². The minimum Gasteiger partial charge on any atom is -0.464 e. The van der Waals surface area contributed by atoms with E-state index >= 15 is 0 Å². The highest BCUT2D eigenvalue weighted by molar-refractivity contribution is 5.93. The Balaban J connectivity index is 1.51. The standard InChI is InChI=1S/C22H22O6/c1-3-25-21(23)19-17(27-19)15-12-9-5-7-11-8-6-10-13(14(11)12)16(15)18-20(28-18)22(24)26-4-2/h5-10,15-20H,3-4H2,1-2H3/t15-,16+,17+,18-,19-,20-/m1/s1. The summed E-state index contributed by atoms with van der Waals surface area (Å²) in [5.74, 6) is -0.763. The molecule has 2 saturated heterocycles. The van der Waals surface area contributed by atoms with Gasteiger partial charge in [0.15, 0.2) is 12.2 Å². The summed E-state index contributed by atoms with van der Waals surface area (Å²) in [6.45, 7) is 4.22. The molecule has 0 spiro atoms. The van der Waals surface area contributed by atoms with Gasteiger partial charge in [-0.15, -0.1) is 0 Å². The fourth-order valence-electron chi connectivity index (χ4n) is 4.73. The van der Waals surface area contributed by atoms with Crippen LogP contribution in [0.15, 0.2) is 36.4 Å². The average Bonchev–Trinajstić information content (AvgIpc) is 3.60. The summed E-state index contributed by atoms with van der Waals surface area (Å²) in [7, 11) is 0. The van der Waals surface area contributed by atoms with Gasteiger partial charge < -0.3 is 18.9 Å². The molecule has 5 rings (SSSR count). The maximum atomic E-state index is 12.2. The minimum absolute atomic E-state index is 0.0556. The van der Waals surface area contributed by atoms with Crippen molar-refractivity contribution in [1.29, 1.82) is 0 Å². The highest BCUT2D eigenvalue weighted by atomic mass is 16.6. The molecule has 28 heavy (non-hydrogen) atoms. The molecule has 2 fully saturated rings. The summed E-state index contributed by atoms with van der Waals surface area (Å²) in [6.07, 6.45) is -1.66. The highest BCUT2D eigenvalue weighted by Crippen LogP contribution is 2.58. The maximum Gasteiger partial charge on any atom is 0.338 e. The van der Waals surface area contributed by atoms with E-state index in [1.165, 1.54) is 5.39 Å². The van der Waals surface area contributed by atoms with Crippen molar-refractivity contribution in [2.75, 3.05) is 13.2 Å². The van der Waals surface area contributed by atoms with Crippen LogP contribution in [0, 0.1) is 0 Å². The predicted molar refractivity (Wildman–Crippen MR) is 100 cm³/mol. The summed E-state index contributed by atoms with van der Waals surface area (Å²) in [5, 5.41) is 2.32. The molecule has 0 aromatic heterocycles. The number of carbonyl (C=O) groups excluding carboxylic acids is 2. The monoisotopic (exact) mass is 382 g/mol. The van der Waals surface area contributed by atoms with Gasteiger partial charge in [0.25, 0.3) is 0 Å². The zero-order valence-corrected chi connectivity index (χ0v) is 15.8. The number of hydrogen-bond donors (Lipinski definition) is 0. The van der Waals surface area contributed by atoms with Crippen molar-refractivity contribution in [3.63, 3.8) is 0 Å². The number of epoxide rings is 2. The lowest BCUT2D eigenvalue weighted by atomic mass is 9.82. The number of benzene rings is 2. The van der Waals surface area contributed by atoms with E-state index in [1.54, 1.807) is 13.8 Å². The average molecular weight is 382 g/mol. The molecule has 2 aromatic carbocycles. The Morgan fingerprint density at radius 2 is 1.29 bits per heavy atom. The van der Waals surface area contributed by atoms with Crippen molar-refractivity contribution in [1.82, 2.24) is 0 Å². The SMILES string of the molecule is CCOC(=O)[C@@H]1O[C@@H]1[C@H]1c2cccc3cccc(c23)[C@H]1[C@@H]1O[C@H]1C(=O)OCC. The van der Waals surface area contributed by atoms with Gasteiger partial charge in [-0.1, -0.05) is 36.4 Å². The van der Waals surface area contributed by atoms with E-state index in [1.807, 2.05) is 12.1 Å². The van der Waals surface area contributed by atoms with Crippen molar-refractivity contribution in [2.45, 2.75) is 50.1 Å². The summed E-state index contributed by atoms with van der Waals surface area (Å²) in [5.41, 5.74) is 2.29. The lowest BCUT2D eigenvalue weighted by Gasteiger charge is -2.18. The van der Waals surface area contributed by atoms with Crippen molar-refractivity contribution < 1.29 is 28.5 Å². The van der Waals surface area contributed by atoms with Gasteiger partial charge in [0.2, 0.25) is 0 Å². The van der Waals surface area contributed by atoms with Gasteiger partial charge in [-0.05, 0) is 35.7 Å². The Kier molecular flexibility index (Phi) is 4.14. The van der Waals surface area contributed by atoms with Crippen LogP contribution in [0.5, 0.6) is 0 Å². The molecular weight excluding hydrogens is 360 g/mol. The van der Waals surface area contributed by atoms with E-state index in [0.29, 0.717) is 13.2 Å². The first-order valence-corrected chi connectivity index (χ1v) is 9.81. The molecule has 6 atom stereocenters. The molecule has 146 valence electrons. The van der Waals surface area contributed by atoms with Crippen LogP contribution in [0.2, 0.25) is 0 Å². The van der Waals surface area contributed by atoms with Crippen LogP contribution in [-0.2, 0) is 28.5 Å². The smallest absolute Gasteiger partial charge is 0.338 e. The Bertz CT molecular complexity index is 880. The molecule has 0 amide bonds. The van der Waals surface area contributed by atoms with E-state index in [2.05, 4.69) is 24.3 Å². The molecule has 3 aliphatic rings. The molecule has 2 aromatic rings. The van der Waals surface area contributed by atoms with Crippen molar-refractivity contribution in [3.8, 4) is 0 Å². The van der Waals surface area contributed by atoms with Crippen LogP contribution in [0.4, 0.5) is 0 Å². The fraction of sp³-hybridized carbons (Fsp3) is 0.455. The second-order valence-electron chi connectivity index (χ2n) is 7.39. The molecule has 0 bridgehead atoms. The lowest BCUT2D eigenvalue weighted by molar-refractivity contribution is -0.145. The van der Waals surface area contributed by atoms with Gasteiger partial charge in [-0.25, -0.2) is 9.59 Å². The number of rotatable bonds is 6. The normalized spacial score (nSPS) is 32.2. The van der Waals surface area contributed by atoms with Gasteiger partial charge >= 0.3 is 11.9 Å². The third kappa shape index (κ3) is 2.63. The van der Waals surface area contributed by atoms with Crippen LogP contribution in [0.1, 0.15) is 36.8 Å². The van der Waals surface area contributed by atoms with Crippen LogP contribution >= 0.6 is 0 Å². The molecule has 0 unspecified atom stereocenters. The van der Waals surface area contributed by atoms with Crippen LogP contribution in [-0.4, -0.2) is 49.6 Å². The molecule has 0 saturated carbocycles. The van der Waals surface area contributed by atoms with E-state index in [4.69, 9.17) is 18.9 Å². The van der Waals surface area contributed by atoms with Crippen molar-refractivity contribution in [3.05, 3.63) is 47.5 Å². The summed E-state index contributed by atoms with van der Waals surface area (Å²) >= 11 is 0. The zero-order chi connectivity index (χ0) is 19.4. The number of ether oxygens (including phenoxy) is 4. The third-order valence-electron chi connectivity index (χ3n) is 5.87. The molecular formula is C22H22O6. The molecule has 0 radical (unpaired) electrons. The van der Waals surface area contributed by atoms with E-state index in [0.717, 1.165) is 16.5 Å². The minimum atomic E-state index is -0.559. The fourth-order valence-corrected chi connectivity index (χ4v) is 4.73. The second kappa shape index (κ2) is 6.57. The molecule has 6 heteroatoms. The molecule has 2 aliphatic heterocycles.